The Balaban J connectivity index is 2.53. The van der Waals surface area contributed by atoms with Crippen molar-refractivity contribution < 1.29 is 14.6 Å². The Kier molecular flexibility index (Phi) is 5.84. The molecule has 0 amide bonds. The molecular formula is C13H17ClO3. The minimum atomic E-state index is -0.774. The molecule has 0 aromatic heterocycles. The lowest BCUT2D eigenvalue weighted by Crippen LogP contribution is -1.98. The maximum Gasteiger partial charge on any atom is 0.303 e. The summed E-state index contributed by atoms with van der Waals surface area (Å²) in [4.78, 5) is 10.4. The summed E-state index contributed by atoms with van der Waals surface area (Å²) >= 11 is 6.10. The second kappa shape index (κ2) is 7.17. The van der Waals surface area contributed by atoms with E-state index in [4.69, 9.17) is 21.4 Å². The summed E-state index contributed by atoms with van der Waals surface area (Å²) in [5.74, 6) is -0.0112. The Morgan fingerprint density at radius 2 is 2.24 bits per heavy atom. The average Bonchev–Trinajstić information content (AvgIpc) is 2.28. The van der Waals surface area contributed by atoms with E-state index in [2.05, 4.69) is 0 Å². The van der Waals surface area contributed by atoms with Crippen molar-refractivity contribution in [3.05, 3.63) is 28.8 Å². The van der Waals surface area contributed by atoms with Gasteiger partial charge in [0.2, 0.25) is 0 Å². The highest BCUT2D eigenvalue weighted by atomic mass is 35.5. The molecule has 0 spiro atoms. The van der Waals surface area contributed by atoms with Crippen LogP contribution in [0.5, 0.6) is 5.75 Å². The molecule has 0 aliphatic carbocycles. The van der Waals surface area contributed by atoms with Crippen LogP contribution < -0.4 is 4.74 Å². The molecule has 0 bridgehead atoms. The summed E-state index contributed by atoms with van der Waals surface area (Å²) in [5, 5.41) is 9.19. The summed E-state index contributed by atoms with van der Waals surface area (Å²) in [6.07, 6.45) is 2.41. The number of halogens is 1. The lowest BCUT2D eigenvalue weighted by Gasteiger charge is -2.08. The predicted octanol–water partition coefficient (Wildman–Crippen LogP) is 3.54. The van der Waals surface area contributed by atoms with Crippen molar-refractivity contribution >= 4 is 17.6 Å². The van der Waals surface area contributed by atoms with Crippen LogP contribution in [0.1, 0.15) is 31.7 Å². The second-order valence-corrected chi connectivity index (χ2v) is 4.26. The highest BCUT2D eigenvalue weighted by molar-refractivity contribution is 6.31. The largest absolute Gasteiger partial charge is 0.494 e. The van der Waals surface area contributed by atoms with Crippen molar-refractivity contribution in [3.63, 3.8) is 0 Å². The fourth-order valence-electron chi connectivity index (χ4n) is 1.47. The van der Waals surface area contributed by atoms with Crippen LogP contribution in [-0.2, 0) is 11.2 Å². The normalized spacial score (nSPS) is 10.2. The fraction of sp³-hybridized carbons (Fsp3) is 0.462. The van der Waals surface area contributed by atoms with Crippen LogP contribution in [0.3, 0.4) is 0 Å². The molecule has 0 aliphatic heterocycles. The van der Waals surface area contributed by atoms with Gasteiger partial charge < -0.3 is 9.84 Å². The molecule has 0 aliphatic rings. The first-order valence-corrected chi connectivity index (χ1v) is 6.14. The summed E-state index contributed by atoms with van der Waals surface area (Å²) in [5.41, 5.74) is 0.969. The van der Waals surface area contributed by atoms with E-state index in [-0.39, 0.29) is 6.42 Å². The Morgan fingerprint density at radius 1 is 1.47 bits per heavy atom. The Hall–Kier alpha value is -1.22. The maximum atomic E-state index is 10.4. The van der Waals surface area contributed by atoms with Crippen LogP contribution in [0.15, 0.2) is 18.2 Å². The monoisotopic (exact) mass is 256 g/mol. The smallest absolute Gasteiger partial charge is 0.303 e. The Morgan fingerprint density at radius 3 is 2.82 bits per heavy atom. The van der Waals surface area contributed by atoms with E-state index in [0.29, 0.717) is 24.5 Å². The van der Waals surface area contributed by atoms with Crippen LogP contribution in [0.25, 0.3) is 0 Å². The van der Waals surface area contributed by atoms with E-state index < -0.39 is 5.97 Å². The zero-order valence-electron chi connectivity index (χ0n) is 9.91. The highest BCUT2D eigenvalue weighted by Crippen LogP contribution is 2.24. The number of benzene rings is 1. The van der Waals surface area contributed by atoms with Crippen LogP contribution in [0, 0.1) is 0 Å². The molecule has 0 unspecified atom stereocenters. The van der Waals surface area contributed by atoms with Gasteiger partial charge >= 0.3 is 5.97 Å². The lowest BCUT2D eigenvalue weighted by atomic mass is 10.1. The maximum absolute atomic E-state index is 10.4. The van der Waals surface area contributed by atoms with Gasteiger partial charge in [-0.05, 0) is 37.0 Å². The van der Waals surface area contributed by atoms with Crippen molar-refractivity contribution in [2.45, 2.75) is 32.6 Å². The minimum absolute atomic E-state index is 0.171. The fourth-order valence-corrected chi connectivity index (χ4v) is 1.74. The summed E-state index contributed by atoms with van der Waals surface area (Å²) < 4.78 is 5.46. The van der Waals surface area contributed by atoms with E-state index in [0.717, 1.165) is 17.7 Å². The Bertz CT molecular complexity index is 377. The van der Waals surface area contributed by atoms with Gasteiger partial charge in [-0.1, -0.05) is 24.6 Å². The molecule has 94 valence electrons. The van der Waals surface area contributed by atoms with Gasteiger partial charge in [0.15, 0.2) is 0 Å². The van der Waals surface area contributed by atoms with Gasteiger partial charge in [0.05, 0.1) is 6.61 Å². The first kappa shape index (κ1) is 13.8. The lowest BCUT2D eigenvalue weighted by molar-refractivity contribution is -0.137. The van der Waals surface area contributed by atoms with E-state index in [1.54, 1.807) is 6.07 Å². The van der Waals surface area contributed by atoms with Crippen molar-refractivity contribution in [2.24, 2.45) is 0 Å². The molecule has 0 saturated heterocycles. The van der Waals surface area contributed by atoms with E-state index in [1.165, 1.54) is 0 Å². The van der Waals surface area contributed by atoms with E-state index in [9.17, 15) is 4.79 Å². The first-order valence-electron chi connectivity index (χ1n) is 5.76. The number of ether oxygens (including phenoxy) is 1. The SMILES string of the molecule is CCCOc1ccc(CCCC(=O)O)c(Cl)c1. The molecule has 1 rings (SSSR count). The van der Waals surface area contributed by atoms with Gasteiger partial charge in [-0.2, -0.15) is 0 Å². The summed E-state index contributed by atoms with van der Waals surface area (Å²) in [7, 11) is 0. The third kappa shape index (κ3) is 5.09. The van der Waals surface area contributed by atoms with E-state index >= 15 is 0 Å². The van der Waals surface area contributed by atoms with Crippen molar-refractivity contribution in [3.8, 4) is 5.75 Å². The topological polar surface area (TPSA) is 46.5 Å². The van der Waals surface area contributed by atoms with Gasteiger partial charge in [-0.3, -0.25) is 4.79 Å². The van der Waals surface area contributed by atoms with Crippen molar-refractivity contribution in [1.82, 2.24) is 0 Å². The zero-order chi connectivity index (χ0) is 12.7. The van der Waals surface area contributed by atoms with Gasteiger partial charge in [0.1, 0.15) is 5.75 Å². The third-order valence-electron chi connectivity index (χ3n) is 2.33. The summed E-state index contributed by atoms with van der Waals surface area (Å²) in [6.45, 7) is 2.72. The molecule has 0 saturated carbocycles. The number of carboxylic acids is 1. The predicted molar refractivity (Wildman–Crippen MR) is 67.8 cm³/mol. The van der Waals surface area contributed by atoms with Crippen molar-refractivity contribution in [1.29, 1.82) is 0 Å². The van der Waals surface area contributed by atoms with Crippen LogP contribution in [0.2, 0.25) is 5.02 Å². The molecule has 1 aromatic carbocycles. The molecule has 0 radical (unpaired) electrons. The third-order valence-corrected chi connectivity index (χ3v) is 2.69. The first-order chi connectivity index (χ1) is 8.13. The molecule has 0 heterocycles. The average molecular weight is 257 g/mol. The van der Waals surface area contributed by atoms with Gasteiger partial charge in [0.25, 0.3) is 0 Å². The number of hydrogen-bond acceptors (Lipinski definition) is 2. The van der Waals surface area contributed by atoms with Gasteiger partial charge in [-0.15, -0.1) is 0 Å². The number of carboxylic acid groups (broad SMARTS) is 1. The molecule has 0 atom stereocenters. The molecular weight excluding hydrogens is 240 g/mol. The van der Waals surface area contributed by atoms with Gasteiger partial charge in [-0.25, -0.2) is 0 Å². The molecule has 4 heteroatoms. The summed E-state index contributed by atoms with van der Waals surface area (Å²) in [6, 6.07) is 5.56. The molecule has 1 N–H and O–H groups in total. The van der Waals surface area contributed by atoms with E-state index in [1.807, 2.05) is 19.1 Å². The molecule has 1 aromatic rings. The minimum Gasteiger partial charge on any atom is -0.494 e. The zero-order valence-corrected chi connectivity index (χ0v) is 10.7. The standard InChI is InChI=1S/C13H17ClO3/c1-2-8-17-11-7-6-10(12(14)9-11)4-3-5-13(15)16/h6-7,9H,2-5,8H2,1H3,(H,15,16). The number of aliphatic carboxylic acids is 1. The quantitative estimate of drug-likeness (QED) is 0.812. The van der Waals surface area contributed by atoms with Crippen molar-refractivity contribution in [2.75, 3.05) is 6.61 Å². The number of aryl methyl sites for hydroxylation is 1. The van der Waals surface area contributed by atoms with Crippen LogP contribution in [-0.4, -0.2) is 17.7 Å². The number of rotatable bonds is 7. The molecule has 17 heavy (non-hydrogen) atoms. The Labute approximate surface area is 106 Å². The molecule has 0 fully saturated rings. The van der Waals surface area contributed by atoms with Crippen LogP contribution >= 0.6 is 11.6 Å². The van der Waals surface area contributed by atoms with Gasteiger partial charge in [0, 0.05) is 11.4 Å². The number of hydrogen-bond donors (Lipinski definition) is 1. The van der Waals surface area contributed by atoms with Crippen LogP contribution in [0.4, 0.5) is 0 Å². The highest BCUT2D eigenvalue weighted by Gasteiger charge is 2.04. The number of carbonyl (C=O) groups is 1. The second-order valence-electron chi connectivity index (χ2n) is 3.85. The molecule has 3 nitrogen and oxygen atoms in total.